The molecule has 0 bridgehead atoms. The maximum atomic E-state index is 15.4. The van der Waals surface area contributed by atoms with Gasteiger partial charge in [0.05, 0.1) is 111 Å². The van der Waals surface area contributed by atoms with Gasteiger partial charge in [-0.15, -0.1) is 6.58 Å². The van der Waals surface area contributed by atoms with Crippen molar-refractivity contribution in [1.82, 2.24) is 0 Å². The van der Waals surface area contributed by atoms with Gasteiger partial charge in [0.25, 0.3) is 10.1 Å². The zero-order valence-corrected chi connectivity index (χ0v) is 74.0. The smallest absolute Gasteiger partial charge is 0.297 e. The summed E-state index contributed by atoms with van der Waals surface area (Å²) in [6.45, 7) is 5.35. The van der Waals surface area contributed by atoms with Crippen molar-refractivity contribution in [3.05, 3.63) is 289 Å². The molecule has 9 aromatic carbocycles. The number of halogens is 12. The SMILES string of the molecule is C=CC[C@@H]1OCC[C@@]2(S(=O)(=O)c3ccc(Cl)cc3)c3c(F)ccc(F)c3OC[C@@H]12.CC=C[C@@H]1OCC[C@@]2(S(=O)(=O)c3ccc(Cl)cc3)c3c(F)ccc(F)c3OC[C@@H]12.Cc1ccc(S(=O)(=O)OC[C@@H]2OCC[C@@]3(S(=O)(=O)c4ccc(Cl)cc4)c4c(F)ccc(F)c4OC[C@@H]23)cc1.O=S(=O)(c1ccc(Cl)cc1)[C@@]12CCO[C@@H](CO)[C@@H]1COc1c(F)ccc(F)c12.OOO. The molecule has 9 aromatic rings. The predicted octanol–water partition coefficient (Wildman–Crippen LogP) is 17.1. The van der Waals surface area contributed by atoms with E-state index in [-0.39, 0.29) is 131 Å². The number of fused-ring (bicyclic) bond motifs is 12. The number of aliphatic hydroxyl groups is 1. The highest BCUT2D eigenvalue weighted by Gasteiger charge is 2.66. The molecule has 4 saturated heterocycles. The average molecular weight is 1950 g/mol. The first-order valence-corrected chi connectivity index (χ1v) is 47.9. The Bertz CT molecular complexity index is 6230. The molecule has 23 nitrogen and oxygen atoms in total. The molecule has 127 heavy (non-hydrogen) atoms. The van der Waals surface area contributed by atoms with Crippen molar-refractivity contribution in [1.29, 1.82) is 0 Å². The van der Waals surface area contributed by atoms with Crippen LogP contribution >= 0.6 is 46.4 Å². The number of rotatable bonds is 16. The lowest BCUT2D eigenvalue weighted by atomic mass is 9.75. The number of allylic oxidation sites excluding steroid dienone is 1. The highest BCUT2D eigenvalue weighted by molar-refractivity contribution is 7.93. The van der Waals surface area contributed by atoms with Gasteiger partial charge in [-0.2, -0.15) is 8.42 Å². The molecular formula is C87H80Cl4F8O23S5. The Labute approximate surface area is 746 Å². The molecule has 8 aliphatic heterocycles. The summed E-state index contributed by atoms with van der Waals surface area (Å²) in [6, 6.07) is 35.5. The molecule has 3 N–H and O–H groups in total. The fraction of sp³-hybridized carbons (Fsp3) is 0.333. The van der Waals surface area contributed by atoms with E-state index in [9.17, 15) is 69.1 Å². The molecule has 0 aromatic heterocycles. The Morgan fingerprint density at radius 1 is 0.394 bits per heavy atom. The highest BCUT2D eigenvalue weighted by atomic mass is 35.5. The molecule has 680 valence electrons. The van der Waals surface area contributed by atoms with Gasteiger partial charge in [0.15, 0.2) is 85.6 Å². The van der Waals surface area contributed by atoms with E-state index < -0.39 is 193 Å². The van der Waals surface area contributed by atoms with E-state index in [4.69, 9.17) is 99.0 Å². The standard InChI is InChI=1S/C26H23ClF2O7S2.2C21H19ClF2O4S.C19H17ClF2O5S.H2O3/c1-16-2-6-19(7-3-16)38(32,33)36-15-23-20-14-35-25-22(29)11-10-21(28)24(25)26(20,12-13-34-23)37(30,31)18-8-4-17(27)5-9-18;2*1-2-3-18-15-12-28-20-17(24)9-8-16(23)19(20)21(15,10-11-27-18)29(25,26)14-6-4-13(22)5-7-14;20-11-1-3-12(4-2-11)28(24,25)19-7-8-26-16(9-23)13(19)10-27-18-15(22)6-5-14(21)17(18)19;1-3-2/h2-11,20,23H,12-15H2,1H3;2-9,15,18H,10-12H2,1H3;2,4-9,15,18H,1,3,10-12H2;1-6,13,16,23H,7-10H2;1-2H/t20-,23-,26-;2*15-,18-,21-;13-,16-,19-;/m0000./s1. The zero-order valence-electron chi connectivity index (χ0n) is 66.9. The van der Waals surface area contributed by atoms with Crippen molar-refractivity contribution in [2.24, 2.45) is 23.7 Å². The van der Waals surface area contributed by atoms with Crippen molar-refractivity contribution < 1.29 is 140 Å². The van der Waals surface area contributed by atoms with Crippen LogP contribution in [0.5, 0.6) is 23.0 Å². The quantitative estimate of drug-likeness (QED) is 0.0266. The summed E-state index contributed by atoms with van der Waals surface area (Å²) in [5.41, 5.74) is -0.467. The minimum atomic E-state index is -4.43. The van der Waals surface area contributed by atoms with Crippen LogP contribution in [0.1, 0.15) is 66.8 Å². The monoisotopic (exact) mass is 1940 g/mol. The summed E-state index contributed by atoms with van der Waals surface area (Å²) in [5, 5.41) is 26.6. The van der Waals surface area contributed by atoms with Crippen LogP contribution in [-0.4, -0.2) is 148 Å². The summed E-state index contributed by atoms with van der Waals surface area (Å²) in [7, 11) is -21.2. The second-order valence-electron chi connectivity index (χ2n) is 30.4. The van der Waals surface area contributed by atoms with Crippen LogP contribution in [0, 0.1) is 77.1 Å². The molecule has 17 rings (SSSR count). The summed E-state index contributed by atoms with van der Waals surface area (Å²) >= 11 is 23.7. The number of ether oxygens (including phenoxy) is 8. The number of hydrogen-bond donors (Lipinski definition) is 3. The van der Waals surface area contributed by atoms with Gasteiger partial charge in [0.2, 0.25) is 0 Å². The lowest BCUT2D eigenvalue weighted by molar-refractivity contribution is -0.465. The number of aryl methyl sites for hydroxylation is 1. The molecule has 0 unspecified atom stereocenters. The van der Waals surface area contributed by atoms with Crippen molar-refractivity contribution in [3.63, 3.8) is 0 Å². The van der Waals surface area contributed by atoms with Crippen LogP contribution in [0.2, 0.25) is 20.1 Å². The molecule has 12 atom stereocenters. The van der Waals surface area contributed by atoms with E-state index in [1.165, 1.54) is 109 Å². The maximum absolute atomic E-state index is 15.4. The van der Waals surface area contributed by atoms with Crippen molar-refractivity contribution >= 4 is 95.9 Å². The van der Waals surface area contributed by atoms with Crippen molar-refractivity contribution in [3.8, 4) is 23.0 Å². The molecule has 0 amide bonds. The molecule has 8 aliphatic rings. The average Bonchev–Trinajstić information content (AvgIpc) is 0.712. The van der Waals surface area contributed by atoms with Crippen molar-refractivity contribution in [2.45, 2.75) is 114 Å². The molecule has 4 fully saturated rings. The Hall–Kier alpha value is -8.35. The van der Waals surface area contributed by atoms with Crippen LogP contribution in [0.3, 0.4) is 0 Å². The first kappa shape index (κ1) is 96.2. The summed E-state index contributed by atoms with van der Waals surface area (Å²) in [4.78, 5) is -0.334. The maximum Gasteiger partial charge on any atom is 0.297 e. The summed E-state index contributed by atoms with van der Waals surface area (Å²) in [5.74, 6) is -11.9. The van der Waals surface area contributed by atoms with Crippen LogP contribution in [0.25, 0.3) is 0 Å². The molecular weight excluding hydrogens is 1870 g/mol. The van der Waals surface area contributed by atoms with E-state index in [1.54, 1.807) is 44.2 Å². The topological polar surface area (TPSA) is 324 Å². The van der Waals surface area contributed by atoms with Gasteiger partial charge in [-0.1, -0.05) is 87.4 Å². The van der Waals surface area contributed by atoms with Gasteiger partial charge in [-0.25, -0.2) is 79.3 Å². The Morgan fingerprint density at radius 2 is 0.661 bits per heavy atom. The van der Waals surface area contributed by atoms with E-state index in [0.29, 0.717) is 26.5 Å². The van der Waals surface area contributed by atoms with E-state index >= 15 is 13.2 Å². The van der Waals surface area contributed by atoms with Crippen LogP contribution in [-0.2, 0) is 96.6 Å². The minimum absolute atomic E-state index is 0.00969. The number of sulfone groups is 4. The molecule has 0 aliphatic carbocycles. The Balaban J connectivity index is 0.000000144. The van der Waals surface area contributed by atoms with E-state index in [1.807, 2.05) is 0 Å². The molecule has 8 heterocycles. The van der Waals surface area contributed by atoms with Crippen LogP contribution < -0.4 is 18.9 Å². The molecule has 0 spiro atoms. The summed E-state index contributed by atoms with van der Waals surface area (Å²) in [6.07, 6.45) is 1.87. The lowest BCUT2D eigenvalue weighted by Gasteiger charge is -2.50. The third-order valence-electron chi connectivity index (χ3n) is 24.0. The first-order chi connectivity index (χ1) is 60.4. The molecule has 40 heteroatoms. The fourth-order valence-electron chi connectivity index (χ4n) is 18.2. The minimum Gasteiger partial charge on any atom is -0.490 e. The van der Waals surface area contributed by atoms with Gasteiger partial charge in [-0.3, -0.25) is 4.18 Å². The largest absolute Gasteiger partial charge is 0.490 e. The van der Waals surface area contributed by atoms with Crippen LogP contribution in [0.4, 0.5) is 35.1 Å². The normalized spacial score (nSPS) is 25.1. The van der Waals surface area contributed by atoms with Gasteiger partial charge in [0, 0.05) is 70.2 Å². The van der Waals surface area contributed by atoms with E-state index in [2.05, 4.69) is 11.6 Å². The van der Waals surface area contributed by atoms with Gasteiger partial charge < -0.3 is 43.0 Å². The number of hydrogen-bond acceptors (Lipinski definition) is 23. The van der Waals surface area contributed by atoms with Crippen molar-refractivity contribution in [2.75, 3.05) is 66.1 Å². The Kier molecular flexibility index (Phi) is 29.2. The molecule has 0 saturated carbocycles. The van der Waals surface area contributed by atoms with Crippen LogP contribution in [0.15, 0.2) is 219 Å². The highest BCUT2D eigenvalue weighted by Crippen LogP contribution is 2.61. The zero-order chi connectivity index (χ0) is 91.7. The van der Waals surface area contributed by atoms with E-state index in [0.717, 1.165) is 54.1 Å². The third-order valence-corrected chi connectivity index (χ3v) is 36.5. The number of aliphatic hydroxyl groups excluding tert-OH is 1. The lowest BCUT2D eigenvalue weighted by Crippen LogP contribution is -2.58. The number of benzene rings is 9. The van der Waals surface area contributed by atoms with Gasteiger partial charge >= 0.3 is 0 Å². The van der Waals surface area contributed by atoms with Gasteiger partial charge in [0.1, 0.15) is 42.3 Å². The second kappa shape index (κ2) is 38.6. The third kappa shape index (κ3) is 17.3. The first-order valence-electron chi connectivity index (χ1n) is 39.0. The summed E-state index contributed by atoms with van der Waals surface area (Å²) < 4.78 is 299. The molecule has 0 radical (unpaired) electrons. The van der Waals surface area contributed by atoms with Gasteiger partial charge in [-0.05, 0) is 204 Å². The second-order valence-corrected chi connectivity index (χ2v) is 42.6. The fourth-order valence-corrected chi connectivity index (χ4v) is 29.0. The Morgan fingerprint density at radius 3 is 0.976 bits per heavy atom. The predicted molar refractivity (Wildman–Crippen MR) is 447 cm³/mol.